The summed E-state index contributed by atoms with van der Waals surface area (Å²) in [5.41, 5.74) is 6.65. The van der Waals surface area contributed by atoms with Crippen LogP contribution in [0.2, 0.25) is 5.02 Å². The second-order valence-corrected chi connectivity index (χ2v) is 5.37. The molecule has 0 heterocycles. The van der Waals surface area contributed by atoms with Crippen molar-refractivity contribution in [2.75, 3.05) is 12.8 Å². The van der Waals surface area contributed by atoms with Crippen LogP contribution in [0.5, 0.6) is 11.5 Å². The van der Waals surface area contributed by atoms with Gasteiger partial charge in [-0.15, -0.1) is 11.8 Å². The van der Waals surface area contributed by atoms with Crippen molar-refractivity contribution >= 4 is 23.4 Å². The number of ether oxygens (including phenoxy) is 1. The van der Waals surface area contributed by atoms with Crippen molar-refractivity contribution in [2.24, 2.45) is 5.73 Å². The summed E-state index contributed by atoms with van der Waals surface area (Å²) in [4.78, 5) is 1.21. The Balaban J connectivity index is 2.13. The number of benzene rings is 2. The van der Waals surface area contributed by atoms with Crippen molar-refractivity contribution in [1.29, 1.82) is 0 Å². The second kappa shape index (κ2) is 6.85. The average Bonchev–Trinajstić information content (AvgIpc) is 2.43. The number of hydrogen-bond donors (Lipinski definition) is 1. The molecule has 0 saturated carbocycles. The fourth-order valence-electron chi connectivity index (χ4n) is 1.72. The lowest BCUT2D eigenvalue weighted by molar-refractivity contribution is 0.482. The molecule has 100 valence electrons. The first-order valence-corrected chi connectivity index (χ1v) is 7.63. The third kappa shape index (κ3) is 3.90. The quantitative estimate of drug-likeness (QED) is 0.832. The molecule has 2 aromatic carbocycles. The predicted octanol–water partition coefficient (Wildman–Crippen LogP) is 4.36. The molecule has 0 amide bonds. The van der Waals surface area contributed by atoms with Gasteiger partial charge < -0.3 is 10.5 Å². The van der Waals surface area contributed by atoms with E-state index < -0.39 is 0 Å². The minimum absolute atomic E-state index is 0.611. The van der Waals surface area contributed by atoms with E-state index >= 15 is 0 Å². The zero-order chi connectivity index (χ0) is 13.7. The van der Waals surface area contributed by atoms with Gasteiger partial charge in [-0.2, -0.15) is 0 Å². The zero-order valence-corrected chi connectivity index (χ0v) is 12.3. The molecular weight excluding hydrogens is 278 g/mol. The first-order chi connectivity index (χ1) is 9.22. The van der Waals surface area contributed by atoms with Crippen LogP contribution in [0, 0.1) is 0 Å². The fourth-order valence-corrected chi connectivity index (χ4v) is 2.37. The minimum Gasteiger partial charge on any atom is -0.456 e. The summed E-state index contributed by atoms with van der Waals surface area (Å²) in [6.07, 6.45) is 2.87. The maximum atomic E-state index is 6.20. The normalized spacial score (nSPS) is 10.5. The molecule has 0 unspecified atom stereocenters. The van der Waals surface area contributed by atoms with Gasteiger partial charge >= 0.3 is 0 Å². The third-order valence-corrected chi connectivity index (χ3v) is 3.76. The van der Waals surface area contributed by atoms with Crippen LogP contribution in [0.3, 0.4) is 0 Å². The molecule has 0 spiro atoms. The van der Waals surface area contributed by atoms with Gasteiger partial charge in [0.05, 0.1) is 5.02 Å². The third-order valence-electron chi connectivity index (χ3n) is 2.72. The molecule has 2 rings (SSSR count). The number of nitrogens with two attached hydrogens (primary N) is 1. The maximum absolute atomic E-state index is 6.20. The first kappa shape index (κ1) is 14.3. The highest BCUT2D eigenvalue weighted by molar-refractivity contribution is 7.98. The van der Waals surface area contributed by atoms with Crippen LogP contribution in [0.25, 0.3) is 0 Å². The van der Waals surface area contributed by atoms with Gasteiger partial charge in [-0.1, -0.05) is 17.7 Å². The van der Waals surface area contributed by atoms with E-state index in [0.29, 0.717) is 17.3 Å². The van der Waals surface area contributed by atoms with Gasteiger partial charge in [0.2, 0.25) is 0 Å². The van der Waals surface area contributed by atoms with Crippen molar-refractivity contribution < 1.29 is 4.74 Å². The van der Waals surface area contributed by atoms with E-state index in [1.165, 1.54) is 4.90 Å². The highest BCUT2D eigenvalue weighted by Gasteiger charge is 2.04. The standard InChI is InChI=1S/C15H16ClNOS/c1-19-13-5-3-12(4-6-13)18-15-7-2-11(8-9-17)10-14(15)16/h2-7,10H,8-9,17H2,1H3. The van der Waals surface area contributed by atoms with Crippen LogP contribution in [0.1, 0.15) is 5.56 Å². The molecule has 4 heteroatoms. The Kier molecular flexibility index (Phi) is 5.14. The van der Waals surface area contributed by atoms with Crippen LogP contribution in [-0.4, -0.2) is 12.8 Å². The van der Waals surface area contributed by atoms with Crippen molar-refractivity contribution in [3.8, 4) is 11.5 Å². The number of hydrogen-bond acceptors (Lipinski definition) is 3. The van der Waals surface area contributed by atoms with E-state index in [1.54, 1.807) is 11.8 Å². The second-order valence-electron chi connectivity index (χ2n) is 4.08. The summed E-state index contributed by atoms with van der Waals surface area (Å²) >= 11 is 7.90. The number of rotatable bonds is 5. The highest BCUT2D eigenvalue weighted by atomic mass is 35.5. The van der Waals surface area contributed by atoms with E-state index in [0.717, 1.165) is 17.7 Å². The molecule has 2 N–H and O–H groups in total. The Morgan fingerprint density at radius 1 is 1.16 bits per heavy atom. The van der Waals surface area contributed by atoms with Gasteiger partial charge in [-0.25, -0.2) is 0 Å². The average molecular weight is 294 g/mol. The molecule has 2 nitrogen and oxygen atoms in total. The summed E-state index contributed by atoms with van der Waals surface area (Å²) < 4.78 is 5.77. The molecule has 19 heavy (non-hydrogen) atoms. The Morgan fingerprint density at radius 3 is 2.47 bits per heavy atom. The topological polar surface area (TPSA) is 35.2 Å². The summed E-state index contributed by atoms with van der Waals surface area (Å²) in [7, 11) is 0. The summed E-state index contributed by atoms with van der Waals surface area (Å²) in [6, 6.07) is 13.7. The SMILES string of the molecule is CSc1ccc(Oc2ccc(CCN)cc2Cl)cc1. The van der Waals surface area contributed by atoms with Gasteiger partial charge in [0.1, 0.15) is 11.5 Å². The van der Waals surface area contributed by atoms with Gasteiger partial charge in [0.25, 0.3) is 0 Å². The lowest BCUT2D eigenvalue weighted by Gasteiger charge is -2.09. The number of thioether (sulfide) groups is 1. The highest BCUT2D eigenvalue weighted by Crippen LogP contribution is 2.31. The molecule has 0 aliphatic carbocycles. The number of halogens is 1. The fraction of sp³-hybridized carbons (Fsp3) is 0.200. The van der Waals surface area contributed by atoms with Crippen LogP contribution < -0.4 is 10.5 Å². The van der Waals surface area contributed by atoms with Crippen molar-refractivity contribution in [3.63, 3.8) is 0 Å². The summed E-state index contributed by atoms with van der Waals surface area (Å²) in [5, 5.41) is 0.611. The van der Waals surface area contributed by atoms with E-state index in [4.69, 9.17) is 22.1 Å². The monoisotopic (exact) mass is 293 g/mol. The molecular formula is C15H16ClNOS. The van der Waals surface area contributed by atoms with Crippen LogP contribution in [0.4, 0.5) is 0 Å². The smallest absolute Gasteiger partial charge is 0.146 e. The van der Waals surface area contributed by atoms with E-state index in [-0.39, 0.29) is 0 Å². The molecule has 0 radical (unpaired) electrons. The van der Waals surface area contributed by atoms with Crippen molar-refractivity contribution in [3.05, 3.63) is 53.1 Å². The van der Waals surface area contributed by atoms with Gasteiger partial charge in [-0.3, -0.25) is 0 Å². The lowest BCUT2D eigenvalue weighted by atomic mass is 10.1. The Morgan fingerprint density at radius 2 is 1.89 bits per heavy atom. The van der Waals surface area contributed by atoms with E-state index in [9.17, 15) is 0 Å². The molecule has 0 aliphatic heterocycles. The largest absolute Gasteiger partial charge is 0.456 e. The molecule has 0 saturated heterocycles. The predicted molar refractivity (Wildman–Crippen MR) is 82.5 cm³/mol. The molecule has 0 aliphatic rings. The Hall–Kier alpha value is -1.16. The van der Waals surface area contributed by atoms with Crippen molar-refractivity contribution in [1.82, 2.24) is 0 Å². The zero-order valence-electron chi connectivity index (χ0n) is 10.7. The van der Waals surface area contributed by atoms with Gasteiger partial charge in [-0.05, 0) is 61.2 Å². The van der Waals surface area contributed by atoms with Crippen molar-refractivity contribution in [2.45, 2.75) is 11.3 Å². The maximum Gasteiger partial charge on any atom is 0.146 e. The molecule has 0 atom stereocenters. The van der Waals surface area contributed by atoms with Gasteiger partial charge in [0.15, 0.2) is 0 Å². The summed E-state index contributed by atoms with van der Waals surface area (Å²) in [6.45, 7) is 0.618. The van der Waals surface area contributed by atoms with Crippen LogP contribution in [0.15, 0.2) is 47.4 Å². The van der Waals surface area contributed by atoms with Crippen LogP contribution >= 0.6 is 23.4 Å². The van der Waals surface area contributed by atoms with E-state index in [1.807, 2.05) is 48.7 Å². The minimum atomic E-state index is 0.611. The molecule has 0 fully saturated rings. The molecule has 2 aromatic rings. The van der Waals surface area contributed by atoms with E-state index in [2.05, 4.69) is 0 Å². The Labute approximate surface area is 122 Å². The van der Waals surface area contributed by atoms with Crippen LogP contribution in [-0.2, 0) is 6.42 Å². The first-order valence-electron chi connectivity index (χ1n) is 6.03. The molecule has 0 aromatic heterocycles. The molecule has 0 bridgehead atoms. The van der Waals surface area contributed by atoms with Gasteiger partial charge in [0, 0.05) is 4.90 Å². The lowest BCUT2D eigenvalue weighted by Crippen LogP contribution is -2.02. The Bertz CT molecular complexity index is 542. The summed E-state index contributed by atoms with van der Waals surface area (Å²) in [5.74, 6) is 1.45.